The zero-order chi connectivity index (χ0) is 14.9. The van der Waals surface area contributed by atoms with Crippen LogP contribution in [0, 0.1) is 5.41 Å². The van der Waals surface area contributed by atoms with Gasteiger partial charge in [0, 0.05) is 30.2 Å². The molecule has 0 amide bonds. The maximum absolute atomic E-state index is 6.05. The Bertz CT molecular complexity index is 615. The lowest BCUT2D eigenvalue weighted by atomic mass is 9.91. The van der Waals surface area contributed by atoms with Gasteiger partial charge in [0.05, 0.1) is 5.52 Å². The van der Waals surface area contributed by atoms with Gasteiger partial charge in [-0.15, -0.1) is 0 Å². The third kappa shape index (κ3) is 3.09. The average Bonchev–Trinajstić information content (AvgIpc) is 2.83. The van der Waals surface area contributed by atoms with Crippen LogP contribution in [0.2, 0.25) is 0 Å². The second-order valence-corrected chi connectivity index (χ2v) is 6.98. The van der Waals surface area contributed by atoms with Crippen molar-refractivity contribution in [3.8, 4) is 0 Å². The number of fused-ring (bicyclic) bond motifs is 1. The van der Waals surface area contributed by atoms with Crippen molar-refractivity contribution in [3.63, 3.8) is 0 Å². The van der Waals surface area contributed by atoms with Crippen molar-refractivity contribution < 1.29 is 0 Å². The van der Waals surface area contributed by atoms with E-state index in [2.05, 4.69) is 48.4 Å². The molecule has 0 saturated heterocycles. The van der Waals surface area contributed by atoms with Crippen LogP contribution in [0.3, 0.4) is 0 Å². The molecule has 1 heterocycles. The molecule has 1 fully saturated rings. The average molecular weight is 283 g/mol. The summed E-state index contributed by atoms with van der Waals surface area (Å²) in [5.41, 5.74) is 8.80. The van der Waals surface area contributed by atoms with Crippen molar-refractivity contribution in [2.45, 2.75) is 45.2 Å². The normalized spacial score (nSPS) is 22.5. The lowest BCUT2D eigenvalue weighted by Crippen LogP contribution is -2.36. The highest BCUT2D eigenvalue weighted by Gasteiger charge is 2.32. The van der Waals surface area contributed by atoms with Crippen LogP contribution >= 0.6 is 0 Å². The Labute approximate surface area is 127 Å². The standard InChI is InChI=1S/C18H25N3/c1-18(2)9-8-14(11-18)21-16(12-19)15-7-3-5-13-6-4-10-20-17(13)15/h3-7,10,14,16,21H,8-9,11-12,19H2,1-2H3. The molecule has 0 spiro atoms. The third-order valence-corrected chi connectivity index (χ3v) is 4.68. The molecule has 0 aliphatic heterocycles. The van der Waals surface area contributed by atoms with Gasteiger partial charge >= 0.3 is 0 Å². The molecule has 3 heteroatoms. The van der Waals surface area contributed by atoms with Crippen molar-refractivity contribution in [1.29, 1.82) is 0 Å². The maximum atomic E-state index is 6.05. The van der Waals surface area contributed by atoms with E-state index in [9.17, 15) is 0 Å². The van der Waals surface area contributed by atoms with Crippen LogP contribution in [-0.2, 0) is 0 Å². The molecule has 0 radical (unpaired) electrons. The number of nitrogens with zero attached hydrogens (tertiary/aromatic N) is 1. The van der Waals surface area contributed by atoms with Crippen molar-refractivity contribution >= 4 is 10.9 Å². The van der Waals surface area contributed by atoms with E-state index >= 15 is 0 Å². The molecule has 1 aromatic heterocycles. The summed E-state index contributed by atoms with van der Waals surface area (Å²) in [6.07, 6.45) is 5.61. The van der Waals surface area contributed by atoms with Crippen LogP contribution in [0.5, 0.6) is 0 Å². The molecular weight excluding hydrogens is 258 g/mol. The Morgan fingerprint density at radius 1 is 1.33 bits per heavy atom. The smallest absolute Gasteiger partial charge is 0.0750 e. The topological polar surface area (TPSA) is 50.9 Å². The molecule has 112 valence electrons. The van der Waals surface area contributed by atoms with Crippen molar-refractivity contribution in [2.24, 2.45) is 11.1 Å². The van der Waals surface area contributed by atoms with Gasteiger partial charge in [0.1, 0.15) is 0 Å². The van der Waals surface area contributed by atoms with Crippen LogP contribution in [0.25, 0.3) is 10.9 Å². The summed E-state index contributed by atoms with van der Waals surface area (Å²) >= 11 is 0. The van der Waals surface area contributed by atoms with E-state index < -0.39 is 0 Å². The molecule has 3 rings (SSSR count). The molecule has 1 aliphatic carbocycles. The minimum Gasteiger partial charge on any atom is -0.329 e. The number of rotatable bonds is 4. The molecule has 21 heavy (non-hydrogen) atoms. The monoisotopic (exact) mass is 283 g/mol. The minimum absolute atomic E-state index is 0.183. The largest absolute Gasteiger partial charge is 0.329 e. The highest BCUT2D eigenvalue weighted by molar-refractivity contribution is 5.82. The fourth-order valence-corrected chi connectivity index (χ4v) is 3.56. The molecular formula is C18H25N3. The summed E-state index contributed by atoms with van der Waals surface area (Å²) < 4.78 is 0. The first-order valence-corrected chi connectivity index (χ1v) is 7.89. The molecule has 1 aromatic carbocycles. The van der Waals surface area contributed by atoms with Gasteiger partial charge in [-0.05, 0) is 36.3 Å². The number of pyridine rings is 1. The van der Waals surface area contributed by atoms with Gasteiger partial charge in [0.15, 0.2) is 0 Å². The lowest BCUT2D eigenvalue weighted by molar-refractivity contribution is 0.354. The van der Waals surface area contributed by atoms with Crippen LogP contribution in [0.4, 0.5) is 0 Å². The zero-order valence-corrected chi connectivity index (χ0v) is 13.0. The molecule has 3 N–H and O–H groups in total. The van der Waals surface area contributed by atoms with Crippen molar-refractivity contribution in [1.82, 2.24) is 10.3 Å². The summed E-state index contributed by atoms with van der Waals surface area (Å²) in [7, 11) is 0. The summed E-state index contributed by atoms with van der Waals surface area (Å²) in [4.78, 5) is 4.56. The van der Waals surface area contributed by atoms with Crippen LogP contribution < -0.4 is 11.1 Å². The fourth-order valence-electron chi connectivity index (χ4n) is 3.56. The molecule has 1 aliphatic rings. The van der Waals surface area contributed by atoms with Crippen molar-refractivity contribution in [2.75, 3.05) is 6.54 Å². The lowest BCUT2D eigenvalue weighted by Gasteiger charge is -2.24. The Hall–Kier alpha value is -1.45. The summed E-state index contributed by atoms with van der Waals surface area (Å²) in [5.74, 6) is 0. The number of benzene rings is 1. The van der Waals surface area contributed by atoms with Gasteiger partial charge < -0.3 is 11.1 Å². The molecule has 2 atom stereocenters. The van der Waals surface area contributed by atoms with Gasteiger partial charge in [-0.3, -0.25) is 4.98 Å². The van der Waals surface area contributed by atoms with E-state index in [-0.39, 0.29) is 6.04 Å². The first kappa shape index (κ1) is 14.5. The number of para-hydroxylation sites is 1. The Kier molecular flexibility index (Phi) is 3.96. The number of nitrogens with one attached hydrogen (secondary N) is 1. The van der Waals surface area contributed by atoms with E-state index in [0.717, 1.165) is 5.52 Å². The SMILES string of the molecule is CC1(C)CCC(NC(CN)c2cccc3cccnc23)C1. The van der Waals surface area contributed by atoms with Crippen LogP contribution in [0.15, 0.2) is 36.5 Å². The van der Waals surface area contributed by atoms with Gasteiger partial charge in [-0.25, -0.2) is 0 Å². The highest BCUT2D eigenvalue weighted by atomic mass is 15.0. The first-order chi connectivity index (χ1) is 10.1. The predicted molar refractivity (Wildman–Crippen MR) is 88.1 cm³/mol. The molecule has 0 bridgehead atoms. The quantitative estimate of drug-likeness (QED) is 0.904. The number of aromatic nitrogens is 1. The summed E-state index contributed by atoms with van der Waals surface area (Å²) in [5, 5.41) is 4.95. The van der Waals surface area contributed by atoms with E-state index in [4.69, 9.17) is 5.73 Å². The Balaban J connectivity index is 1.85. The minimum atomic E-state index is 0.183. The van der Waals surface area contributed by atoms with Gasteiger partial charge in [0.25, 0.3) is 0 Å². The zero-order valence-electron chi connectivity index (χ0n) is 13.0. The van der Waals surface area contributed by atoms with E-state index in [0.29, 0.717) is 18.0 Å². The summed E-state index contributed by atoms with van der Waals surface area (Å²) in [6, 6.07) is 11.2. The second kappa shape index (κ2) is 5.74. The number of nitrogens with two attached hydrogens (primary N) is 1. The molecule has 3 nitrogen and oxygen atoms in total. The van der Waals surface area contributed by atoms with E-state index in [1.807, 2.05) is 12.3 Å². The molecule has 2 unspecified atom stereocenters. The summed E-state index contributed by atoms with van der Waals surface area (Å²) in [6.45, 7) is 5.31. The van der Waals surface area contributed by atoms with Crippen LogP contribution in [0.1, 0.15) is 44.7 Å². The predicted octanol–water partition coefficient (Wildman–Crippen LogP) is 3.40. The number of hydrogen-bond acceptors (Lipinski definition) is 3. The number of hydrogen-bond donors (Lipinski definition) is 2. The Morgan fingerprint density at radius 2 is 2.14 bits per heavy atom. The molecule has 2 aromatic rings. The van der Waals surface area contributed by atoms with Gasteiger partial charge in [-0.1, -0.05) is 38.1 Å². The van der Waals surface area contributed by atoms with Gasteiger partial charge in [0.2, 0.25) is 0 Å². The third-order valence-electron chi connectivity index (χ3n) is 4.68. The van der Waals surface area contributed by atoms with E-state index in [1.54, 1.807) is 0 Å². The fraction of sp³-hybridized carbons (Fsp3) is 0.500. The van der Waals surface area contributed by atoms with Crippen molar-refractivity contribution in [3.05, 3.63) is 42.1 Å². The Morgan fingerprint density at radius 3 is 2.86 bits per heavy atom. The highest BCUT2D eigenvalue weighted by Crippen LogP contribution is 2.38. The first-order valence-electron chi connectivity index (χ1n) is 7.89. The van der Waals surface area contributed by atoms with Crippen LogP contribution in [-0.4, -0.2) is 17.6 Å². The second-order valence-electron chi connectivity index (χ2n) is 6.98. The van der Waals surface area contributed by atoms with Gasteiger partial charge in [-0.2, -0.15) is 0 Å². The molecule has 1 saturated carbocycles. The van der Waals surface area contributed by atoms with E-state index in [1.165, 1.54) is 30.2 Å². The maximum Gasteiger partial charge on any atom is 0.0750 e.